The fourth-order valence-electron chi connectivity index (χ4n) is 1.13. The smallest absolute Gasteiger partial charge is 0.209 e. The summed E-state index contributed by atoms with van der Waals surface area (Å²) in [5.41, 5.74) is 0. The summed E-state index contributed by atoms with van der Waals surface area (Å²) in [5, 5.41) is -0.171. The van der Waals surface area contributed by atoms with Crippen LogP contribution in [0.25, 0.3) is 0 Å². The molecule has 1 rings (SSSR count). The Labute approximate surface area is 110 Å². The van der Waals surface area contributed by atoms with Crippen LogP contribution in [0.3, 0.4) is 0 Å². The zero-order chi connectivity index (χ0) is 12.2. The molecule has 1 heterocycles. The second-order valence-electron chi connectivity index (χ2n) is 3.30. The van der Waals surface area contributed by atoms with Crippen molar-refractivity contribution >= 4 is 44.6 Å². The zero-order valence-electron chi connectivity index (χ0n) is 8.74. The van der Waals surface area contributed by atoms with Crippen molar-refractivity contribution < 1.29 is 8.42 Å². The predicted octanol–water partition coefficient (Wildman–Crippen LogP) is 3.09. The van der Waals surface area contributed by atoms with Crippen LogP contribution >= 0.6 is 34.5 Å². The highest BCUT2D eigenvalue weighted by atomic mass is 35.5. The van der Waals surface area contributed by atoms with Crippen LogP contribution in [0.2, 0.25) is 4.34 Å². The van der Waals surface area contributed by atoms with E-state index in [0.717, 1.165) is 24.2 Å². The Morgan fingerprint density at radius 2 is 2.19 bits per heavy atom. The number of halogens is 2. The summed E-state index contributed by atoms with van der Waals surface area (Å²) in [5.74, 6) is 0. The van der Waals surface area contributed by atoms with E-state index >= 15 is 0 Å². The van der Waals surface area contributed by atoms with Crippen LogP contribution in [0.4, 0.5) is 0 Å². The number of sulfonamides is 1. The normalized spacial score (nSPS) is 13.9. The molecule has 0 radical (unpaired) electrons. The van der Waals surface area contributed by atoms with Gasteiger partial charge in [0.05, 0.1) is 4.34 Å². The minimum atomic E-state index is -3.45. The predicted molar refractivity (Wildman–Crippen MR) is 69.1 cm³/mol. The Morgan fingerprint density at radius 1 is 1.50 bits per heavy atom. The Morgan fingerprint density at radius 3 is 2.69 bits per heavy atom. The first-order valence-electron chi connectivity index (χ1n) is 4.84. The molecule has 0 spiro atoms. The van der Waals surface area contributed by atoms with Crippen molar-refractivity contribution in [1.82, 2.24) is 4.72 Å². The molecule has 0 saturated carbocycles. The molecule has 92 valence electrons. The molecule has 1 unspecified atom stereocenters. The van der Waals surface area contributed by atoms with Gasteiger partial charge in [0.25, 0.3) is 0 Å². The number of thiophene rings is 1. The molecular formula is C9H13Cl2NO2S2. The molecule has 1 aromatic rings. The topological polar surface area (TPSA) is 46.2 Å². The largest absolute Gasteiger partial charge is 0.250 e. The summed E-state index contributed by atoms with van der Waals surface area (Å²) in [6.45, 7) is 2.25. The van der Waals surface area contributed by atoms with Crippen LogP contribution in [0, 0.1) is 0 Å². The summed E-state index contributed by atoms with van der Waals surface area (Å²) >= 11 is 12.6. The second-order valence-corrected chi connectivity index (χ2v) is 7.62. The van der Waals surface area contributed by atoms with Crippen LogP contribution in [0.5, 0.6) is 0 Å². The van der Waals surface area contributed by atoms with E-state index in [1.165, 1.54) is 6.07 Å². The molecule has 16 heavy (non-hydrogen) atoms. The molecule has 7 heteroatoms. The van der Waals surface area contributed by atoms with Gasteiger partial charge >= 0.3 is 0 Å². The average Bonchev–Trinajstić information content (AvgIpc) is 2.63. The lowest BCUT2D eigenvalue weighted by molar-refractivity contribution is 0.579. The molecule has 1 atom stereocenters. The van der Waals surface area contributed by atoms with E-state index in [4.69, 9.17) is 23.2 Å². The van der Waals surface area contributed by atoms with Crippen LogP contribution in [0.15, 0.2) is 16.3 Å². The lowest BCUT2D eigenvalue weighted by atomic mass is 10.2. The lowest BCUT2D eigenvalue weighted by Gasteiger charge is -2.09. The highest BCUT2D eigenvalue weighted by Crippen LogP contribution is 2.25. The Hall–Kier alpha value is 0.190. The van der Waals surface area contributed by atoms with Gasteiger partial charge in [-0.15, -0.1) is 22.9 Å². The zero-order valence-corrected chi connectivity index (χ0v) is 11.9. The quantitative estimate of drug-likeness (QED) is 0.821. The van der Waals surface area contributed by atoms with Gasteiger partial charge in [0.15, 0.2) is 0 Å². The monoisotopic (exact) mass is 301 g/mol. The van der Waals surface area contributed by atoms with Gasteiger partial charge in [-0.25, -0.2) is 13.1 Å². The second kappa shape index (κ2) is 6.21. The number of alkyl halides is 1. The molecule has 0 bridgehead atoms. The van der Waals surface area contributed by atoms with Crippen molar-refractivity contribution in [2.75, 3.05) is 6.54 Å². The molecule has 0 aliphatic rings. The third-order valence-electron chi connectivity index (χ3n) is 1.91. The Kier molecular flexibility index (Phi) is 5.53. The molecule has 0 aliphatic heterocycles. The van der Waals surface area contributed by atoms with Gasteiger partial charge in [-0.05, 0) is 18.6 Å². The van der Waals surface area contributed by atoms with Crippen molar-refractivity contribution in [2.24, 2.45) is 0 Å². The van der Waals surface area contributed by atoms with Crippen molar-refractivity contribution in [3.05, 3.63) is 16.5 Å². The fraction of sp³-hybridized carbons (Fsp3) is 0.556. The SMILES string of the molecule is CCCC(Cl)CNS(=O)(=O)c1ccc(Cl)s1. The maximum Gasteiger partial charge on any atom is 0.250 e. The summed E-state index contributed by atoms with van der Waals surface area (Å²) in [6.07, 6.45) is 1.72. The van der Waals surface area contributed by atoms with Crippen molar-refractivity contribution in [2.45, 2.75) is 29.4 Å². The fourth-order valence-corrected chi connectivity index (χ4v) is 4.12. The third-order valence-corrected chi connectivity index (χ3v) is 5.43. The first-order valence-corrected chi connectivity index (χ1v) is 7.96. The average molecular weight is 302 g/mol. The number of rotatable bonds is 6. The molecular weight excluding hydrogens is 289 g/mol. The van der Waals surface area contributed by atoms with Gasteiger partial charge in [-0.1, -0.05) is 24.9 Å². The summed E-state index contributed by atoms with van der Waals surface area (Å²) in [4.78, 5) is 0. The lowest BCUT2D eigenvalue weighted by Crippen LogP contribution is -2.29. The number of hydrogen-bond acceptors (Lipinski definition) is 3. The summed E-state index contributed by atoms with van der Waals surface area (Å²) < 4.78 is 26.6. The van der Waals surface area contributed by atoms with Crippen LogP contribution < -0.4 is 4.72 Å². The van der Waals surface area contributed by atoms with E-state index in [1.54, 1.807) is 6.07 Å². The summed E-state index contributed by atoms with van der Waals surface area (Å²) in [6, 6.07) is 3.05. The third kappa shape index (κ3) is 4.22. The number of hydrogen-bond donors (Lipinski definition) is 1. The number of nitrogens with one attached hydrogen (secondary N) is 1. The minimum absolute atomic E-state index is 0.171. The standard InChI is InChI=1S/C9H13Cl2NO2S2/c1-2-3-7(10)6-12-16(13,14)9-5-4-8(11)15-9/h4-5,7,12H,2-3,6H2,1H3. The Balaban J connectivity index is 2.59. The highest BCUT2D eigenvalue weighted by Gasteiger charge is 2.17. The van der Waals surface area contributed by atoms with E-state index in [1.807, 2.05) is 6.92 Å². The highest BCUT2D eigenvalue weighted by molar-refractivity contribution is 7.91. The molecule has 1 aromatic heterocycles. The first-order chi connectivity index (χ1) is 7.45. The van der Waals surface area contributed by atoms with Crippen LogP contribution in [0.1, 0.15) is 19.8 Å². The van der Waals surface area contributed by atoms with Gasteiger partial charge in [0.1, 0.15) is 4.21 Å². The maximum atomic E-state index is 11.7. The van der Waals surface area contributed by atoms with E-state index in [0.29, 0.717) is 4.34 Å². The van der Waals surface area contributed by atoms with Gasteiger partial charge in [0, 0.05) is 11.9 Å². The van der Waals surface area contributed by atoms with Gasteiger partial charge in [-0.2, -0.15) is 0 Å². The molecule has 1 N–H and O–H groups in total. The maximum absolute atomic E-state index is 11.7. The van der Waals surface area contributed by atoms with Crippen molar-refractivity contribution in [3.63, 3.8) is 0 Å². The molecule has 0 aliphatic carbocycles. The minimum Gasteiger partial charge on any atom is -0.209 e. The van der Waals surface area contributed by atoms with Gasteiger partial charge in [-0.3, -0.25) is 0 Å². The van der Waals surface area contributed by atoms with E-state index in [-0.39, 0.29) is 16.1 Å². The molecule has 3 nitrogen and oxygen atoms in total. The van der Waals surface area contributed by atoms with E-state index < -0.39 is 10.0 Å². The van der Waals surface area contributed by atoms with Gasteiger partial charge < -0.3 is 0 Å². The van der Waals surface area contributed by atoms with Crippen molar-refractivity contribution in [3.8, 4) is 0 Å². The van der Waals surface area contributed by atoms with Crippen molar-refractivity contribution in [1.29, 1.82) is 0 Å². The molecule has 0 amide bonds. The summed E-state index contributed by atoms with van der Waals surface area (Å²) in [7, 11) is -3.45. The van der Waals surface area contributed by atoms with Crippen LogP contribution in [-0.4, -0.2) is 20.3 Å². The Bertz CT molecular complexity index is 430. The van der Waals surface area contributed by atoms with Gasteiger partial charge in [0.2, 0.25) is 10.0 Å². The molecule has 0 saturated heterocycles. The molecule has 0 aromatic carbocycles. The molecule has 0 fully saturated rings. The van der Waals surface area contributed by atoms with Crippen LogP contribution in [-0.2, 0) is 10.0 Å². The van der Waals surface area contributed by atoms with E-state index in [9.17, 15) is 8.42 Å². The van der Waals surface area contributed by atoms with E-state index in [2.05, 4.69) is 4.72 Å². The first kappa shape index (κ1) is 14.3.